The fourth-order valence-electron chi connectivity index (χ4n) is 1.71. The SMILES string of the molecule is Nc1ccc(-c2nc3cc(N)c(Cl)cc3s2)cc1. The molecule has 18 heavy (non-hydrogen) atoms. The Morgan fingerprint density at radius 3 is 2.50 bits per heavy atom. The second-order valence-electron chi connectivity index (χ2n) is 3.98. The van der Waals surface area contributed by atoms with Crippen molar-refractivity contribution >= 4 is 44.5 Å². The van der Waals surface area contributed by atoms with Gasteiger partial charge in [0.25, 0.3) is 0 Å². The first-order valence-corrected chi connectivity index (χ1v) is 6.54. The van der Waals surface area contributed by atoms with E-state index in [0.717, 1.165) is 26.5 Å². The number of anilines is 2. The zero-order valence-corrected chi connectivity index (χ0v) is 10.9. The second-order valence-corrected chi connectivity index (χ2v) is 5.42. The molecule has 0 unspecified atom stereocenters. The molecule has 0 spiro atoms. The zero-order chi connectivity index (χ0) is 12.7. The first-order valence-electron chi connectivity index (χ1n) is 5.35. The second kappa shape index (κ2) is 4.15. The van der Waals surface area contributed by atoms with Gasteiger partial charge in [0.1, 0.15) is 5.01 Å². The van der Waals surface area contributed by atoms with E-state index in [9.17, 15) is 0 Å². The summed E-state index contributed by atoms with van der Waals surface area (Å²) in [5.41, 5.74) is 14.6. The molecule has 5 heteroatoms. The van der Waals surface area contributed by atoms with E-state index >= 15 is 0 Å². The minimum Gasteiger partial charge on any atom is -0.399 e. The third-order valence-corrected chi connectivity index (χ3v) is 4.06. The molecule has 0 amide bonds. The molecule has 1 aromatic heterocycles. The zero-order valence-electron chi connectivity index (χ0n) is 9.35. The van der Waals surface area contributed by atoms with Crippen molar-refractivity contribution < 1.29 is 0 Å². The molecule has 3 nitrogen and oxygen atoms in total. The number of aromatic nitrogens is 1. The number of nitrogens with two attached hydrogens (primary N) is 2. The summed E-state index contributed by atoms with van der Waals surface area (Å²) >= 11 is 7.59. The first kappa shape index (κ1) is 11.3. The quantitative estimate of drug-likeness (QED) is 0.664. The summed E-state index contributed by atoms with van der Waals surface area (Å²) in [6.07, 6.45) is 0. The maximum absolute atomic E-state index is 6.00. The van der Waals surface area contributed by atoms with Crippen LogP contribution in [0, 0.1) is 0 Å². The number of halogens is 1. The van der Waals surface area contributed by atoms with Gasteiger partial charge in [-0.2, -0.15) is 0 Å². The number of rotatable bonds is 1. The highest BCUT2D eigenvalue weighted by atomic mass is 35.5. The van der Waals surface area contributed by atoms with Crippen molar-refractivity contribution in [2.24, 2.45) is 0 Å². The van der Waals surface area contributed by atoms with Crippen molar-refractivity contribution in [3.8, 4) is 10.6 Å². The molecular weight excluding hydrogens is 266 g/mol. The van der Waals surface area contributed by atoms with Crippen molar-refractivity contribution in [3.05, 3.63) is 41.4 Å². The third kappa shape index (κ3) is 1.89. The smallest absolute Gasteiger partial charge is 0.124 e. The van der Waals surface area contributed by atoms with Gasteiger partial charge in [-0.3, -0.25) is 0 Å². The van der Waals surface area contributed by atoms with Crippen molar-refractivity contribution in [1.29, 1.82) is 0 Å². The van der Waals surface area contributed by atoms with Crippen molar-refractivity contribution in [1.82, 2.24) is 4.98 Å². The van der Waals surface area contributed by atoms with Crippen LogP contribution in [0.4, 0.5) is 11.4 Å². The van der Waals surface area contributed by atoms with Crippen LogP contribution in [0.5, 0.6) is 0 Å². The molecular formula is C13H10ClN3S. The monoisotopic (exact) mass is 275 g/mol. The summed E-state index contributed by atoms with van der Waals surface area (Å²) < 4.78 is 1.03. The van der Waals surface area contributed by atoms with E-state index < -0.39 is 0 Å². The third-order valence-electron chi connectivity index (χ3n) is 2.66. The van der Waals surface area contributed by atoms with Crippen LogP contribution in [0.25, 0.3) is 20.8 Å². The van der Waals surface area contributed by atoms with E-state index in [0.29, 0.717) is 10.7 Å². The molecule has 3 rings (SSSR count). The summed E-state index contributed by atoms with van der Waals surface area (Å²) in [4.78, 5) is 4.55. The molecule has 0 aliphatic carbocycles. The first-order chi connectivity index (χ1) is 8.63. The lowest BCUT2D eigenvalue weighted by molar-refractivity contribution is 1.48. The van der Waals surface area contributed by atoms with E-state index in [4.69, 9.17) is 23.1 Å². The lowest BCUT2D eigenvalue weighted by Gasteiger charge is -1.95. The van der Waals surface area contributed by atoms with Crippen LogP contribution in [0.2, 0.25) is 5.02 Å². The molecule has 0 saturated heterocycles. The lowest BCUT2D eigenvalue weighted by Crippen LogP contribution is -1.85. The average molecular weight is 276 g/mol. The molecule has 0 radical (unpaired) electrons. The number of nitrogen functional groups attached to an aromatic ring is 2. The van der Waals surface area contributed by atoms with Gasteiger partial charge in [0.15, 0.2) is 0 Å². The van der Waals surface area contributed by atoms with Crippen LogP contribution in [0.15, 0.2) is 36.4 Å². The number of thiazole rings is 1. The molecule has 4 N–H and O–H groups in total. The van der Waals surface area contributed by atoms with E-state index in [1.54, 1.807) is 17.4 Å². The van der Waals surface area contributed by atoms with Gasteiger partial charge in [-0.05, 0) is 36.4 Å². The minimum atomic E-state index is 0.554. The average Bonchev–Trinajstić information content (AvgIpc) is 2.73. The Labute approximate surface area is 113 Å². The molecule has 90 valence electrons. The van der Waals surface area contributed by atoms with Crippen molar-refractivity contribution in [2.45, 2.75) is 0 Å². The number of benzene rings is 2. The molecule has 0 aliphatic heterocycles. The van der Waals surface area contributed by atoms with Crippen LogP contribution in [-0.2, 0) is 0 Å². The number of hydrogen-bond acceptors (Lipinski definition) is 4. The number of fused-ring (bicyclic) bond motifs is 1. The molecule has 0 fully saturated rings. The van der Waals surface area contributed by atoms with E-state index in [1.165, 1.54) is 0 Å². The molecule has 1 heterocycles. The van der Waals surface area contributed by atoms with Crippen molar-refractivity contribution in [2.75, 3.05) is 11.5 Å². The Hall–Kier alpha value is -1.78. The predicted octanol–water partition coefficient (Wildman–Crippen LogP) is 3.78. The summed E-state index contributed by atoms with van der Waals surface area (Å²) in [6.45, 7) is 0. The van der Waals surface area contributed by atoms with Crippen LogP contribution in [0.1, 0.15) is 0 Å². The Morgan fingerprint density at radius 1 is 1.06 bits per heavy atom. The maximum atomic E-state index is 6.00. The van der Waals surface area contributed by atoms with Gasteiger partial charge in [-0.1, -0.05) is 11.6 Å². The highest BCUT2D eigenvalue weighted by molar-refractivity contribution is 7.21. The van der Waals surface area contributed by atoms with Gasteiger partial charge >= 0.3 is 0 Å². The molecule has 3 aromatic rings. The van der Waals surface area contributed by atoms with E-state index in [-0.39, 0.29) is 0 Å². The topological polar surface area (TPSA) is 64.9 Å². The number of hydrogen-bond donors (Lipinski definition) is 2. The molecule has 0 saturated carbocycles. The highest BCUT2D eigenvalue weighted by Gasteiger charge is 2.08. The lowest BCUT2D eigenvalue weighted by atomic mass is 10.2. The summed E-state index contributed by atoms with van der Waals surface area (Å²) in [5.74, 6) is 0. The molecule has 0 aliphatic rings. The van der Waals surface area contributed by atoms with Gasteiger partial charge < -0.3 is 11.5 Å². The summed E-state index contributed by atoms with van der Waals surface area (Å²) in [6, 6.07) is 11.3. The van der Waals surface area contributed by atoms with Gasteiger partial charge in [-0.15, -0.1) is 11.3 Å². The van der Waals surface area contributed by atoms with Gasteiger partial charge in [0, 0.05) is 11.3 Å². The van der Waals surface area contributed by atoms with Crippen LogP contribution in [-0.4, -0.2) is 4.98 Å². The standard InChI is InChI=1S/C13H10ClN3S/c14-9-5-12-11(6-10(9)16)17-13(18-12)7-1-3-8(15)4-2-7/h1-6H,15-16H2. The maximum Gasteiger partial charge on any atom is 0.124 e. The summed E-state index contributed by atoms with van der Waals surface area (Å²) in [7, 11) is 0. The minimum absolute atomic E-state index is 0.554. The Balaban J connectivity index is 2.16. The van der Waals surface area contributed by atoms with Crippen LogP contribution in [0.3, 0.4) is 0 Å². The van der Waals surface area contributed by atoms with Crippen molar-refractivity contribution in [3.63, 3.8) is 0 Å². The molecule has 2 aromatic carbocycles. The van der Waals surface area contributed by atoms with Gasteiger partial charge in [-0.25, -0.2) is 4.98 Å². The Morgan fingerprint density at radius 2 is 1.78 bits per heavy atom. The number of nitrogens with zero attached hydrogens (tertiary/aromatic N) is 1. The summed E-state index contributed by atoms with van der Waals surface area (Å²) in [5, 5.41) is 1.50. The van der Waals surface area contributed by atoms with E-state index in [1.807, 2.05) is 30.3 Å². The van der Waals surface area contributed by atoms with Crippen LogP contribution >= 0.6 is 22.9 Å². The fourth-order valence-corrected chi connectivity index (χ4v) is 2.93. The molecule has 0 atom stereocenters. The highest BCUT2D eigenvalue weighted by Crippen LogP contribution is 2.34. The van der Waals surface area contributed by atoms with Gasteiger partial charge in [0.05, 0.1) is 20.9 Å². The van der Waals surface area contributed by atoms with Gasteiger partial charge in [0.2, 0.25) is 0 Å². The molecule has 0 bridgehead atoms. The fraction of sp³-hybridized carbons (Fsp3) is 0. The largest absolute Gasteiger partial charge is 0.399 e. The van der Waals surface area contributed by atoms with Crippen LogP contribution < -0.4 is 11.5 Å². The predicted molar refractivity (Wildman–Crippen MR) is 78.9 cm³/mol. The van der Waals surface area contributed by atoms with E-state index in [2.05, 4.69) is 4.98 Å². The Bertz CT molecular complexity index is 680. The Kier molecular flexibility index (Phi) is 2.61. The normalized spacial score (nSPS) is 10.9.